The lowest BCUT2D eigenvalue weighted by Gasteiger charge is -2.12. The fourth-order valence-corrected chi connectivity index (χ4v) is 5.08. The predicted octanol–water partition coefficient (Wildman–Crippen LogP) is 8.06. The Bertz CT molecular complexity index is 1460. The van der Waals surface area contributed by atoms with Crippen LogP contribution in [-0.4, -0.2) is 16.1 Å². The summed E-state index contributed by atoms with van der Waals surface area (Å²) in [6, 6.07) is 9.84. The molecule has 0 aromatic heterocycles. The molecule has 0 radical (unpaired) electrons. The van der Waals surface area contributed by atoms with Crippen molar-refractivity contribution >= 4 is 64.1 Å². The van der Waals surface area contributed by atoms with Crippen LogP contribution >= 0.6 is 34.8 Å². The van der Waals surface area contributed by atoms with Gasteiger partial charge in [0.15, 0.2) is 0 Å². The quantitative estimate of drug-likeness (QED) is 0.226. The van der Waals surface area contributed by atoms with Gasteiger partial charge < -0.3 is 10.6 Å². The minimum absolute atomic E-state index is 0.0157. The van der Waals surface area contributed by atoms with E-state index in [0.29, 0.717) is 11.6 Å². The highest BCUT2D eigenvalue weighted by molar-refractivity contribution is 6.53. The highest BCUT2D eigenvalue weighted by Crippen LogP contribution is 2.65. The molecule has 0 unspecified atom stereocenters. The Labute approximate surface area is 228 Å². The number of alkyl halides is 5. The fraction of sp³-hybridized carbons (Fsp3) is 0.154. The van der Waals surface area contributed by atoms with E-state index in [1.165, 1.54) is 30.3 Å². The van der Waals surface area contributed by atoms with Crippen LogP contribution in [0.2, 0.25) is 5.02 Å². The Morgan fingerprint density at radius 2 is 1.68 bits per heavy atom. The van der Waals surface area contributed by atoms with Gasteiger partial charge in [-0.25, -0.2) is 8.78 Å². The van der Waals surface area contributed by atoms with Crippen LogP contribution in [0, 0.1) is 17.6 Å². The first kappa shape index (κ1) is 27.9. The van der Waals surface area contributed by atoms with E-state index in [9.17, 15) is 31.5 Å². The number of anilines is 2. The molecule has 4 rings (SSSR count). The molecule has 1 fully saturated rings. The summed E-state index contributed by atoms with van der Waals surface area (Å²) in [5.74, 6) is -5.15. The van der Waals surface area contributed by atoms with Gasteiger partial charge in [-0.05, 0) is 47.5 Å². The fourth-order valence-electron chi connectivity index (χ4n) is 4.05. The van der Waals surface area contributed by atoms with E-state index in [1.54, 1.807) is 0 Å². The van der Waals surface area contributed by atoms with E-state index < -0.39 is 51.4 Å². The highest BCUT2D eigenvalue weighted by atomic mass is 35.5. The maximum absolute atomic E-state index is 13.9. The number of rotatable bonds is 6. The van der Waals surface area contributed by atoms with Crippen molar-refractivity contribution in [3.8, 4) is 0 Å². The van der Waals surface area contributed by atoms with Crippen LogP contribution in [0.5, 0.6) is 0 Å². The number of carbonyl (C=O) groups is 2. The summed E-state index contributed by atoms with van der Waals surface area (Å²) in [6.07, 6.45) is -3.55. The predicted molar refractivity (Wildman–Crippen MR) is 137 cm³/mol. The summed E-state index contributed by atoms with van der Waals surface area (Å²) in [4.78, 5) is 25.6. The molecule has 1 saturated carbocycles. The molecule has 2 N–H and O–H groups in total. The largest absolute Gasteiger partial charge is 0.416 e. The van der Waals surface area contributed by atoms with E-state index in [-0.39, 0.29) is 27.5 Å². The third-order valence-electron chi connectivity index (χ3n) is 5.95. The normalized spacial score (nSPS) is 18.0. The van der Waals surface area contributed by atoms with Crippen LogP contribution in [0.15, 0.2) is 61.2 Å². The molecule has 3 aromatic carbocycles. The van der Waals surface area contributed by atoms with E-state index in [1.807, 2.05) is 0 Å². The van der Waals surface area contributed by atoms with Crippen LogP contribution < -0.4 is 10.6 Å². The Morgan fingerprint density at radius 3 is 2.32 bits per heavy atom. The number of amides is 2. The Morgan fingerprint density at radius 1 is 0.974 bits per heavy atom. The van der Waals surface area contributed by atoms with Crippen molar-refractivity contribution in [1.82, 2.24) is 0 Å². The van der Waals surface area contributed by atoms with Gasteiger partial charge in [0.05, 0.1) is 27.8 Å². The molecule has 4 nitrogen and oxygen atoms in total. The highest BCUT2D eigenvalue weighted by Gasteiger charge is 2.67. The van der Waals surface area contributed by atoms with Gasteiger partial charge in [0.2, 0.25) is 5.91 Å². The lowest BCUT2D eigenvalue weighted by molar-refractivity contribution is -0.137. The number of hydrogen-bond acceptors (Lipinski definition) is 2. The van der Waals surface area contributed by atoms with Gasteiger partial charge in [0.25, 0.3) is 5.91 Å². The Balaban J connectivity index is 1.53. The molecule has 0 saturated heterocycles. The molecule has 3 aromatic rings. The lowest BCUT2D eigenvalue weighted by atomic mass is 10.00. The average molecular weight is 590 g/mol. The van der Waals surface area contributed by atoms with Crippen molar-refractivity contribution in [2.45, 2.75) is 16.4 Å². The summed E-state index contributed by atoms with van der Waals surface area (Å²) in [5.41, 5.74) is -1.04. The third-order valence-corrected chi connectivity index (χ3v) is 7.22. The van der Waals surface area contributed by atoms with Gasteiger partial charge in [-0.3, -0.25) is 9.59 Å². The SMILES string of the molecule is C=Cc1cc([C@H]2[C@H](C(=O)Nc3ccc(Cl)c(C(=O)Nc4ccc(F)cc4F)c3)C2(Cl)Cl)ccc1C(F)(F)F. The van der Waals surface area contributed by atoms with Gasteiger partial charge >= 0.3 is 6.18 Å². The monoisotopic (exact) mass is 588 g/mol. The number of hydrogen-bond donors (Lipinski definition) is 2. The second-order valence-corrected chi connectivity index (χ2v) is 10.3. The van der Waals surface area contributed by atoms with Crippen LogP contribution in [0.4, 0.5) is 33.3 Å². The molecular formula is C26H16Cl3F5N2O2. The van der Waals surface area contributed by atoms with Crippen molar-refractivity contribution in [1.29, 1.82) is 0 Å². The number of nitrogens with one attached hydrogen (secondary N) is 2. The zero-order valence-corrected chi connectivity index (χ0v) is 21.2. The van der Waals surface area contributed by atoms with E-state index >= 15 is 0 Å². The minimum Gasteiger partial charge on any atom is -0.326 e. The molecule has 0 aliphatic heterocycles. The van der Waals surface area contributed by atoms with Gasteiger partial charge in [0, 0.05) is 17.7 Å². The molecule has 2 atom stereocenters. The topological polar surface area (TPSA) is 58.2 Å². The van der Waals surface area contributed by atoms with E-state index in [0.717, 1.165) is 24.3 Å². The molecule has 198 valence electrons. The van der Waals surface area contributed by atoms with Gasteiger partial charge in [-0.2, -0.15) is 13.2 Å². The van der Waals surface area contributed by atoms with Crippen LogP contribution in [0.25, 0.3) is 6.08 Å². The molecule has 1 aliphatic carbocycles. The molecule has 0 spiro atoms. The second-order valence-electron chi connectivity index (χ2n) is 8.44. The molecule has 1 aliphatic rings. The smallest absolute Gasteiger partial charge is 0.326 e. The standard InChI is InChI=1S/C26H16Cl3F5N2O2/c1-2-12-9-13(3-6-17(12)26(32,33)34)21-22(25(21,28)29)24(38)35-15-5-7-18(27)16(11-15)23(37)36-20-8-4-14(30)10-19(20)31/h2-11,21-22H,1H2,(H,35,38)(H,36,37)/t21-,22+/m0/s1. The van der Waals surface area contributed by atoms with Crippen LogP contribution in [0.3, 0.4) is 0 Å². The maximum Gasteiger partial charge on any atom is 0.416 e. The average Bonchev–Trinajstić information content (AvgIpc) is 3.42. The van der Waals surface area contributed by atoms with Gasteiger partial charge in [0.1, 0.15) is 16.0 Å². The summed E-state index contributed by atoms with van der Waals surface area (Å²) in [6.45, 7) is 3.41. The zero-order chi connectivity index (χ0) is 28.0. The van der Waals surface area contributed by atoms with E-state index in [2.05, 4.69) is 17.2 Å². The molecular weight excluding hydrogens is 574 g/mol. The molecule has 2 amide bonds. The van der Waals surface area contributed by atoms with Crippen molar-refractivity contribution in [2.75, 3.05) is 10.6 Å². The number of carbonyl (C=O) groups excluding carboxylic acids is 2. The van der Waals surface area contributed by atoms with Gasteiger partial charge in [-0.1, -0.05) is 36.4 Å². The minimum atomic E-state index is -4.59. The van der Waals surface area contributed by atoms with Crippen molar-refractivity contribution < 1.29 is 31.5 Å². The van der Waals surface area contributed by atoms with Crippen molar-refractivity contribution in [3.63, 3.8) is 0 Å². The summed E-state index contributed by atoms with van der Waals surface area (Å²) < 4.78 is 65.1. The second kappa shape index (κ2) is 10.2. The van der Waals surface area contributed by atoms with Crippen LogP contribution in [-0.2, 0) is 11.0 Å². The molecule has 0 bridgehead atoms. The number of benzene rings is 3. The van der Waals surface area contributed by atoms with Crippen LogP contribution in [0.1, 0.15) is 33.0 Å². The number of halogens is 8. The Hall–Kier alpha value is -3.14. The molecule has 12 heteroatoms. The van der Waals surface area contributed by atoms with Crippen molar-refractivity contribution in [3.05, 3.63) is 100 Å². The maximum atomic E-state index is 13.9. The molecule has 0 heterocycles. The first-order valence-corrected chi connectivity index (χ1v) is 12.0. The van der Waals surface area contributed by atoms with Gasteiger partial charge in [-0.15, -0.1) is 23.2 Å². The first-order valence-electron chi connectivity index (χ1n) is 10.8. The van der Waals surface area contributed by atoms with E-state index in [4.69, 9.17) is 34.8 Å². The molecule has 38 heavy (non-hydrogen) atoms. The summed E-state index contributed by atoms with van der Waals surface area (Å²) in [7, 11) is 0. The lowest BCUT2D eigenvalue weighted by Crippen LogP contribution is -2.18. The summed E-state index contributed by atoms with van der Waals surface area (Å²) >= 11 is 18.8. The zero-order valence-electron chi connectivity index (χ0n) is 19.0. The Kier molecular flexibility index (Phi) is 7.49. The summed E-state index contributed by atoms with van der Waals surface area (Å²) in [5, 5.41) is 4.81. The first-order chi connectivity index (χ1) is 17.7. The third kappa shape index (κ3) is 5.50. The van der Waals surface area contributed by atoms with Crippen molar-refractivity contribution in [2.24, 2.45) is 5.92 Å².